The molecule has 1 atom stereocenters. The number of hydrogen-bond acceptors (Lipinski definition) is 9. The van der Waals surface area contributed by atoms with Crippen molar-refractivity contribution in [1.29, 1.82) is 0 Å². The van der Waals surface area contributed by atoms with Gasteiger partial charge in [-0.1, -0.05) is 12.1 Å². The molecule has 2 aromatic rings. The second-order valence-electron chi connectivity index (χ2n) is 8.24. The van der Waals surface area contributed by atoms with Crippen molar-refractivity contribution in [3.63, 3.8) is 0 Å². The number of rotatable bonds is 5. The number of urea groups is 1. The standard InChI is InChI=1S/C23H24N6O4S/c1-3-33-22(31)16-8-7-15(34-16)20-18-19(25-26-20)13-5-4-6-14(17(13)21(18)30)29(23(24)32)28-11-9-27(2)10-12-28/h4-8,19H,3,9-12H2,1-2H3,(H2,24,32). The molecule has 3 heterocycles. The Kier molecular flexibility index (Phi) is 5.76. The molecule has 10 nitrogen and oxygen atoms in total. The van der Waals surface area contributed by atoms with E-state index in [0.717, 1.165) is 13.1 Å². The Balaban J connectivity index is 1.54. The Morgan fingerprint density at radius 1 is 1.21 bits per heavy atom. The number of Topliss-reactive ketones (excluding diaryl/α,β-unsaturated/α-hetero) is 1. The van der Waals surface area contributed by atoms with Gasteiger partial charge >= 0.3 is 12.0 Å². The third-order valence-electron chi connectivity index (χ3n) is 6.16. The fraction of sp³-hybridized carbons (Fsp3) is 0.348. The van der Waals surface area contributed by atoms with Crippen LogP contribution in [0.3, 0.4) is 0 Å². The lowest BCUT2D eigenvalue weighted by molar-refractivity contribution is 0.0532. The van der Waals surface area contributed by atoms with Crippen molar-refractivity contribution < 1.29 is 19.1 Å². The molecule has 34 heavy (non-hydrogen) atoms. The summed E-state index contributed by atoms with van der Waals surface area (Å²) >= 11 is 1.21. The number of ether oxygens (including phenoxy) is 1. The van der Waals surface area contributed by atoms with Gasteiger partial charge in [-0.05, 0) is 37.7 Å². The molecule has 0 saturated carbocycles. The van der Waals surface area contributed by atoms with Gasteiger partial charge in [-0.2, -0.15) is 10.2 Å². The quantitative estimate of drug-likeness (QED) is 0.657. The van der Waals surface area contributed by atoms with Crippen molar-refractivity contribution in [1.82, 2.24) is 9.91 Å². The van der Waals surface area contributed by atoms with Crippen LogP contribution in [0.5, 0.6) is 0 Å². The van der Waals surface area contributed by atoms with Crippen molar-refractivity contribution in [3.8, 4) is 0 Å². The number of azo groups is 1. The summed E-state index contributed by atoms with van der Waals surface area (Å²) in [5.41, 5.74) is 8.24. The number of benzene rings is 1. The number of primary amides is 1. The van der Waals surface area contributed by atoms with E-state index in [2.05, 4.69) is 15.1 Å². The molecule has 1 saturated heterocycles. The zero-order valence-electron chi connectivity index (χ0n) is 18.9. The molecule has 2 N–H and O–H groups in total. The van der Waals surface area contributed by atoms with Crippen LogP contribution < -0.4 is 10.7 Å². The van der Waals surface area contributed by atoms with Gasteiger partial charge in [0, 0.05) is 26.2 Å². The molecular formula is C23H24N6O4S. The molecule has 3 aliphatic rings. The van der Waals surface area contributed by atoms with Gasteiger partial charge < -0.3 is 15.4 Å². The Bertz CT molecular complexity index is 1240. The second-order valence-corrected chi connectivity index (χ2v) is 9.33. The van der Waals surface area contributed by atoms with E-state index in [1.165, 1.54) is 16.3 Å². The van der Waals surface area contributed by atoms with E-state index in [4.69, 9.17) is 10.5 Å². The molecule has 1 fully saturated rings. The summed E-state index contributed by atoms with van der Waals surface area (Å²) < 4.78 is 5.07. The van der Waals surface area contributed by atoms with E-state index in [-0.39, 0.29) is 12.4 Å². The monoisotopic (exact) mass is 480 g/mol. The van der Waals surface area contributed by atoms with Crippen LogP contribution in [0.1, 0.15) is 43.4 Å². The Morgan fingerprint density at radius 3 is 2.68 bits per heavy atom. The van der Waals surface area contributed by atoms with Gasteiger partial charge in [-0.3, -0.25) is 4.79 Å². The zero-order valence-corrected chi connectivity index (χ0v) is 19.7. The molecular weight excluding hydrogens is 456 g/mol. The lowest BCUT2D eigenvalue weighted by Crippen LogP contribution is -2.56. The predicted molar refractivity (Wildman–Crippen MR) is 127 cm³/mol. The van der Waals surface area contributed by atoms with Gasteiger partial charge in [-0.25, -0.2) is 19.6 Å². The second kappa shape index (κ2) is 8.75. The third-order valence-corrected chi connectivity index (χ3v) is 7.23. The summed E-state index contributed by atoms with van der Waals surface area (Å²) in [5.74, 6) is -0.648. The molecule has 0 spiro atoms. The molecule has 5 rings (SSSR count). The van der Waals surface area contributed by atoms with E-state index in [1.54, 1.807) is 31.2 Å². The van der Waals surface area contributed by atoms with Crippen LogP contribution in [0.15, 0.2) is 46.1 Å². The largest absolute Gasteiger partial charge is 0.462 e. The molecule has 1 aromatic carbocycles. The van der Waals surface area contributed by atoms with Crippen molar-refractivity contribution in [2.75, 3.05) is 44.8 Å². The molecule has 0 radical (unpaired) electrons. The number of esters is 1. The summed E-state index contributed by atoms with van der Waals surface area (Å²) in [4.78, 5) is 41.6. The first-order chi connectivity index (χ1) is 16.4. The minimum absolute atomic E-state index is 0.234. The van der Waals surface area contributed by atoms with E-state index in [1.807, 2.05) is 18.1 Å². The maximum Gasteiger partial charge on any atom is 0.348 e. The number of likely N-dealkylation sites (N-methyl/N-ethyl adjacent to an activating group) is 1. The average Bonchev–Trinajstić information content (AvgIpc) is 3.52. The van der Waals surface area contributed by atoms with Crippen LogP contribution in [-0.2, 0) is 4.74 Å². The number of carbonyl (C=O) groups excluding carboxylic acids is 3. The van der Waals surface area contributed by atoms with Crippen LogP contribution in [0, 0.1) is 0 Å². The number of amides is 2. The van der Waals surface area contributed by atoms with Crippen LogP contribution in [0.4, 0.5) is 10.5 Å². The van der Waals surface area contributed by atoms with Crippen LogP contribution in [0.25, 0.3) is 5.70 Å². The minimum Gasteiger partial charge on any atom is -0.462 e. The zero-order chi connectivity index (χ0) is 24.0. The molecule has 0 bridgehead atoms. The fourth-order valence-corrected chi connectivity index (χ4v) is 5.41. The van der Waals surface area contributed by atoms with Crippen molar-refractivity contribution in [2.45, 2.75) is 13.0 Å². The molecule has 1 aliphatic carbocycles. The highest BCUT2D eigenvalue weighted by Crippen LogP contribution is 2.50. The predicted octanol–water partition coefficient (Wildman–Crippen LogP) is 3.09. The van der Waals surface area contributed by atoms with Crippen LogP contribution in [-0.4, -0.2) is 67.5 Å². The summed E-state index contributed by atoms with van der Waals surface area (Å²) in [7, 11) is 2.02. The van der Waals surface area contributed by atoms with Gasteiger partial charge in [0.2, 0.25) is 0 Å². The number of carbonyl (C=O) groups is 3. The van der Waals surface area contributed by atoms with Gasteiger partial charge in [0.05, 0.1) is 28.3 Å². The van der Waals surface area contributed by atoms with Crippen LogP contribution in [0.2, 0.25) is 0 Å². The number of hydrogen-bond donors (Lipinski definition) is 1. The average molecular weight is 481 g/mol. The fourth-order valence-electron chi connectivity index (χ4n) is 4.52. The lowest BCUT2D eigenvalue weighted by Gasteiger charge is -2.39. The normalized spacial score (nSPS) is 19.9. The van der Waals surface area contributed by atoms with E-state index >= 15 is 0 Å². The number of fused-ring (bicyclic) bond motifs is 3. The number of nitrogens with two attached hydrogens (primary N) is 1. The van der Waals surface area contributed by atoms with Crippen molar-refractivity contribution in [2.24, 2.45) is 16.0 Å². The first kappa shape index (κ1) is 22.4. The van der Waals surface area contributed by atoms with E-state index < -0.39 is 18.0 Å². The minimum atomic E-state index is -0.643. The number of thiophene rings is 1. The Morgan fingerprint density at radius 2 is 1.97 bits per heavy atom. The SMILES string of the molecule is CCOC(=O)c1ccc(C2=C3C(=O)c4c(cccc4N(C(N)=O)N4CCN(C)CC4)C3N=N2)s1. The Hall–Kier alpha value is -3.41. The lowest BCUT2D eigenvalue weighted by atomic mass is 10.1. The van der Waals surface area contributed by atoms with Crippen molar-refractivity contribution in [3.05, 3.63) is 56.8 Å². The third kappa shape index (κ3) is 3.61. The Labute approximate surface area is 200 Å². The highest BCUT2D eigenvalue weighted by atomic mass is 32.1. The number of ketones is 1. The maximum atomic E-state index is 13.7. The molecule has 176 valence electrons. The first-order valence-corrected chi connectivity index (χ1v) is 11.8. The molecule has 2 amide bonds. The van der Waals surface area contributed by atoms with Gasteiger partial charge in [0.15, 0.2) is 5.78 Å². The summed E-state index contributed by atoms with van der Waals surface area (Å²) in [5, 5.41) is 11.9. The number of anilines is 1. The molecule has 1 unspecified atom stereocenters. The maximum absolute atomic E-state index is 13.7. The number of piperazine rings is 1. The summed E-state index contributed by atoms with van der Waals surface area (Å²) in [6, 6.07) is 7.59. The first-order valence-electron chi connectivity index (χ1n) is 11.0. The highest BCUT2D eigenvalue weighted by Gasteiger charge is 2.44. The molecule has 2 aliphatic heterocycles. The molecule has 11 heteroatoms. The van der Waals surface area contributed by atoms with Gasteiger partial charge in [-0.15, -0.1) is 11.3 Å². The number of nitrogens with zero attached hydrogens (tertiary/aromatic N) is 5. The summed E-state index contributed by atoms with van der Waals surface area (Å²) in [6.45, 7) is 4.80. The number of hydrazine groups is 1. The molecule has 1 aromatic heterocycles. The van der Waals surface area contributed by atoms with E-state index in [9.17, 15) is 14.4 Å². The summed E-state index contributed by atoms with van der Waals surface area (Å²) in [6.07, 6.45) is 0. The van der Waals surface area contributed by atoms with Crippen molar-refractivity contribution >= 4 is 40.5 Å². The van der Waals surface area contributed by atoms with Gasteiger partial charge in [0.1, 0.15) is 16.6 Å². The smallest absolute Gasteiger partial charge is 0.348 e. The van der Waals surface area contributed by atoms with E-state index in [0.29, 0.717) is 50.9 Å². The topological polar surface area (TPSA) is 121 Å². The van der Waals surface area contributed by atoms with Gasteiger partial charge in [0.25, 0.3) is 0 Å². The van der Waals surface area contributed by atoms with Crippen LogP contribution >= 0.6 is 11.3 Å². The highest BCUT2D eigenvalue weighted by molar-refractivity contribution is 7.15.